The van der Waals surface area contributed by atoms with Crippen LogP contribution in [0.25, 0.3) is 0 Å². The zero-order valence-electron chi connectivity index (χ0n) is 8.21. The summed E-state index contributed by atoms with van der Waals surface area (Å²) in [6.45, 7) is 3.68. The first-order valence-electron chi connectivity index (χ1n) is 5.04. The van der Waals surface area contributed by atoms with Gasteiger partial charge < -0.3 is 5.32 Å². The summed E-state index contributed by atoms with van der Waals surface area (Å²) >= 11 is 4.12. The van der Waals surface area contributed by atoms with Crippen LogP contribution in [0.2, 0.25) is 0 Å². The molecule has 0 aromatic carbocycles. The first-order chi connectivity index (χ1) is 6.37. The monoisotopic (exact) mass is 218 g/mol. The fourth-order valence-electron chi connectivity index (χ4n) is 2.21. The zero-order chi connectivity index (χ0) is 9.15. The number of piperidine rings is 1. The maximum Gasteiger partial charge on any atom is 0.0790 e. The van der Waals surface area contributed by atoms with E-state index in [0.29, 0.717) is 4.87 Å². The van der Waals surface area contributed by atoms with Gasteiger partial charge in [0.05, 0.1) is 4.87 Å². The van der Waals surface area contributed by atoms with Crippen molar-refractivity contribution in [3.63, 3.8) is 0 Å². The largest absolute Gasteiger partial charge is 0.317 e. The van der Waals surface area contributed by atoms with Crippen LogP contribution in [0.5, 0.6) is 0 Å². The Bertz CT molecular complexity index is 161. The van der Waals surface area contributed by atoms with Crippen LogP contribution in [-0.2, 0) is 0 Å². The summed E-state index contributed by atoms with van der Waals surface area (Å²) < 4.78 is 2.61. The Hall–Kier alpha value is 0.620. The molecule has 0 bridgehead atoms. The van der Waals surface area contributed by atoms with Gasteiger partial charge in [0.25, 0.3) is 0 Å². The Kier molecular flexibility index (Phi) is 3.46. The van der Waals surface area contributed by atoms with Crippen LogP contribution in [0.1, 0.15) is 19.3 Å². The molecule has 76 valence electrons. The van der Waals surface area contributed by atoms with E-state index in [1.165, 1.54) is 44.6 Å². The van der Waals surface area contributed by atoms with Gasteiger partial charge in [0, 0.05) is 6.54 Å². The third kappa shape index (κ3) is 2.01. The van der Waals surface area contributed by atoms with Gasteiger partial charge in [-0.2, -0.15) is 0 Å². The lowest BCUT2D eigenvalue weighted by atomic mass is 10.1. The standard InChI is InChI=1S/C9H18N2S2/c1-12-11-7-2-8-13-9(11)3-5-10-6-4-9/h10H,2-8H2,1H3. The second-order valence-electron chi connectivity index (χ2n) is 3.68. The van der Waals surface area contributed by atoms with E-state index in [0.717, 1.165) is 0 Å². The average molecular weight is 218 g/mol. The molecule has 0 saturated carbocycles. The van der Waals surface area contributed by atoms with Crippen LogP contribution < -0.4 is 5.32 Å². The van der Waals surface area contributed by atoms with Crippen molar-refractivity contribution in [1.82, 2.24) is 9.62 Å². The van der Waals surface area contributed by atoms with Gasteiger partial charge in [-0.25, -0.2) is 4.31 Å². The molecule has 0 aromatic heterocycles. The minimum atomic E-state index is 0.475. The van der Waals surface area contributed by atoms with Gasteiger partial charge in [-0.1, -0.05) is 11.9 Å². The summed E-state index contributed by atoms with van der Waals surface area (Å²) in [7, 11) is 0. The molecule has 2 fully saturated rings. The predicted molar refractivity (Wildman–Crippen MR) is 62.1 cm³/mol. The lowest BCUT2D eigenvalue weighted by Crippen LogP contribution is -2.51. The van der Waals surface area contributed by atoms with E-state index >= 15 is 0 Å². The minimum Gasteiger partial charge on any atom is -0.317 e. The van der Waals surface area contributed by atoms with Crippen LogP contribution in [0.4, 0.5) is 0 Å². The van der Waals surface area contributed by atoms with Gasteiger partial charge in [0.1, 0.15) is 0 Å². The second-order valence-corrected chi connectivity index (χ2v) is 5.95. The molecule has 2 aliphatic rings. The Morgan fingerprint density at radius 2 is 2.15 bits per heavy atom. The van der Waals surface area contributed by atoms with Crippen molar-refractivity contribution in [2.24, 2.45) is 0 Å². The van der Waals surface area contributed by atoms with Gasteiger partial charge in [-0.05, 0) is 44.4 Å². The molecule has 0 aromatic rings. The van der Waals surface area contributed by atoms with Crippen LogP contribution >= 0.6 is 23.7 Å². The Labute approximate surface area is 89.3 Å². The fraction of sp³-hybridized carbons (Fsp3) is 1.00. The minimum absolute atomic E-state index is 0.475. The molecule has 1 N–H and O–H groups in total. The average Bonchev–Trinajstić information content (AvgIpc) is 2.20. The Morgan fingerprint density at radius 1 is 1.38 bits per heavy atom. The Morgan fingerprint density at radius 3 is 2.85 bits per heavy atom. The predicted octanol–water partition coefficient (Wildman–Crippen LogP) is 1.78. The third-order valence-corrected chi connectivity index (χ3v) is 5.68. The fourth-order valence-corrected chi connectivity index (χ4v) is 4.81. The van der Waals surface area contributed by atoms with Crippen LogP contribution in [-0.4, -0.2) is 40.8 Å². The molecule has 13 heavy (non-hydrogen) atoms. The third-order valence-electron chi connectivity index (χ3n) is 2.94. The number of nitrogens with one attached hydrogen (secondary N) is 1. The molecule has 0 amide bonds. The van der Waals surface area contributed by atoms with Gasteiger partial charge in [0.2, 0.25) is 0 Å². The molecule has 1 spiro atoms. The molecule has 4 heteroatoms. The highest BCUT2D eigenvalue weighted by Crippen LogP contribution is 2.43. The van der Waals surface area contributed by atoms with Gasteiger partial charge in [0.15, 0.2) is 0 Å². The first-order valence-corrected chi connectivity index (χ1v) is 7.20. The zero-order valence-corrected chi connectivity index (χ0v) is 9.85. The summed E-state index contributed by atoms with van der Waals surface area (Å²) in [5.74, 6) is 1.36. The summed E-state index contributed by atoms with van der Waals surface area (Å²) in [5, 5.41) is 3.45. The molecular formula is C9H18N2S2. The highest BCUT2D eigenvalue weighted by atomic mass is 32.2. The van der Waals surface area contributed by atoms with E-state index in [1.54, 1.807) is 0 Å². The maximum atomic E-state index is 3.45. The summed E-state index contributed by atoms with van der Waals surface area (Å²) in [4.78, 5) is 0.475. The molecule has 0 atom stereocenters. The number of nitrogens with zero attached hydrogens (tertiary/aromatic N) is 1. The normalized spacial score (nSPS) is 29.3. The van der Waals surface area contributed by atoms with E-state index in [2.05, 4.69) is 27.6 Å². The number of hydrogen-bond donors (Lipinski definition) is 1. The van der Waals surface area contributed by atoms with Crippen molar-refractivity contribution in [2.45, 2.75) is 24.1 Å². The molecule has 2 nitrogen and oxygen atoms in total. The van der Waals surface area contributed by atoms with E-state index in [1.807, 2.05) is 11.9 Å². The van der Waals surface area contributed by atoms with Crippen molar-refractivity contribution in [3.05, 3.63) is 0 Å². The van der Waals surface area contributed by atoms with Gasteiger partial charge in [-0.3, -0.25) is 0 Å². The molecule has 2 heterocycles. The number of rotatable bonds is 1. The Balaban J connectivity index is 2.06. The molecule has 2 saturated heterocycles. The molecule has 0 aliphatic carbocycles. The van der Waals surface area contributed by atoms with Crippen molar-refractivity contribution >= 4 is 23.7 Å². The van der Waals surface area contributed by atoms with Gasteiger partial charge in [-0.15, -0.1) is 11.8 Å². The van der Waals surface area contributed by atoms with Crippen LogP contribution in [0.15, 0.2) is 0 Å². The highest BCUT2D eigenvalue weighted by Gasteiger charge is 2.40. The molecular weight excluding hydrogens is 200 g/mol. The number of thioether (sulfide) groups is 1. The van der Waals surface area contributed by atoms with E-state index in [4.69, 9.17) is 0 Å². The summed E-state index contributed by atoms with van der Waals surface area (Å²) in [6.07, 6.45) is 6.22. The van der Waals surface area contributed by atoms with Crippen molar-refractivity contribution in [3.8, 4) is 0 Å². The quantitative estimate of drug-likeness (QED) is 0.675. The molecule has 0 unspecified atom stereocenters. The number of hydrogen-bond acceptors (Lipinski definition) is 4. The smallest absolute Gasteiger partial charge is 0.0790 e. The van der Waals surface area contributed by atoms with E-state index in [9.17, 15) is 0 Å². The van der Waals surface area contributed by atoms with Crippen LogP contribution in [0.3, 0.4) is 0 Å². The molecule has 2 rings (SSSR count). The highest BCUT2D eigenvalue weighted by molar-refractivity contribution is 8.02. The second kappa shape index (κ2) is 4.43. The lowest BCUT2D eigenvalue weighted by molar-refractivity contribution is 0.240. The SMILES string of the molecule is CSN1CCCSC12CCNCC2. The van der Waals surface area contributed by atoms with Crippen LogP contribution in [0, 0.1) is 0 Å². The van der Waals surface area contributed by atoms with Gasteiger partial charge >= 0.3 is 0 Å². The van der Waals surface area contributed by atoms with Crippen molar-refractivity contribution in [2.75, 3.05) is 31.6 Å². The first kappa shape index (κ1) is 10.1. The topological polar surface area (TPSA) is 15.3 Å². The van der Waals surface area contributed by atoms with E-state index < -0.39 is 0 Å². The summed E-state index contributed by atoms with van der Waals surface area (Å²) in [5.41, 5.74) is 0. The summed E-state index contributed by atoms with van der Waals surface area (Å²) in [6, 6.07) is 0. The maximum absolute atomic E-state index is 3.45. The lowest BCUT2D eigenvalue weighted by Gasteiger charge is -2.47. The molecule has 2 aliphatic heterocycles. The molecule has 0 radical (unpaired) electrons. The van der Waals surface area contributed by atoms with Crippen molar-refractivity contribution in [1.29, 1.82) is 0 Å². The van der Waals surface area contributed by atoms with Crippen molar-refractivity contribution < 1.29 is 0 Å². The van der Waals surface area contributed by atoms with E-state index in [-0.39, 0.29) is 0 Å².